The summed E-state index contributed by atoms with van der Waals surface area (Å²) in [7, 11) is 1.48. The van der Waals surface area contributed by atoms with Crippen molar-refractivity contribution in [1.29, 1.82) is 0 Å². The van der Waals surface area contributed by atoms with Crippen LogP contribution in [0.15, 0.2) is 0 Å². The molecule has 0 saturated carbocycles. The van der Waals surface area contributed by atoms with Crippen LogP contribution in [-0.4, -0.2) is 54.3 Å². The fraction of sp³-hybridized carbons (Fsp3) is 0.750. The normalized spacial score (nSPS) is 7.62. The first kappa shape index (κ1) is 11.3. The molecule has 3 nitrogen and oxygen atoms in total. The molecule has 8 heavy (non-hydrogen) atoms. The van der Waals surface area contributed by atoms with Crippen LogP contribution in [0, 0.1) is 0 Å². The van der Waals surface area contributed by atoms with E-state index in [1.165, 1.54) is 7.11 Å². The average Bonchev–Trinajstić information content (AvgIpc) is 1.61. The minimum atomic E-state index is -0.818. The maximum absolute atomic E-state index is 9.68. The molecule has 4 heteroatoms. The summed E-state index contributed by atoms with van der Waals surface area (Å²) in [5.74, 6) is -0.818. The first-order chi connectivity index (χ1) is 3.27. The SMILES string of the molecule is COCCC(=O)O.[NaH]. The number of ether oxygens (including phenoxy) is 1. The fourth-order valence-corrected chi connectivity index (χ4v) is 0.189. The van der Waals surface area contributed by atoms with Crippen molar-refractivity contribution in [2.24, 2.45) is 0 Å². The number of carboxylic acid groups (broad SMARTS) is 1. The van der Waals surface area contributed by atoms with Gasteiger partial charge in [-0.25, -0.2) is 0 Å². The predicted octanol–water partition coefficient (Wildman–Crippen LogP) is -0.541. The van der Waals surface area contributed by atoms with Gasteiger partial charge >= 0.3 is 35.5 Å². The summed E-state index contributed by atoms with van der Waals surface area (Å²) in [6.07, 6.45) is 0.0938. The van der Waals surface area contributed by atoms with E-state index in [0.29, 0.717) is 6.61 Å². The Hall–Kier alpha value is 0.430. The summed E-state index contributed by atoms with van der Waals surface area (Å²) in [6.45, 7) is 0.301. The van der Waals surface area contributed by atoms with Gasteiger partial charge in [-0.05, 0) is 0 Å². The Morgan fingerprint density at radius 2 is 2.25 bits per heavy atom. The molecule has 44 valence electrons. The number of carboxylic acids is 1. The van der Waals surface area contributed by atoms with Gasteiger partial charge in [0.1, 0.15) is 0 Å². The predicted molar refractivity (Wildman–Crippen MR) is 31.3 cm³/mol. The van der Waals surface area contributed by atoms with E-state index in [0.717, 1.165) is 0 Å². The molecule has 0 amide bonds. The molecule has 0 fully saturated rings. The van der Waals surface area contributed by atoms with Crippen LogP contribution in [0.25, 0.3) is 0 Å². The van der Waals surface area contributed by atoms with Crippen molar-refractivity contribution in [2.75, 3.05) is 13.7 Å². The van der Waals surface area contributed by atoms with Crippen molar-refractivity contribution in [3.05, 3.63) is 0 Å². The number of methoxy groups -OCH3 is 1. The van der Waals surface area contributed by atoms with E-state index in [-0.39, 0.29) is 36.0 Å². The van der Waals surface area contributed by atoms with Crippen LogP contribution in [0.2, 0.25) is 0 Å². The molecule has 0 aromatic carbocycles. The molecule has 0 aliphatic rings. The van der Waals surface area contributed by atoms with Crippen molar-refractivity contribution < 1.29 is 14.6 Å². The van der Waals surface area contributed by atoms with Gasteiger partial charge in [0, 0.05) is 7.11 Å². The second-order valence-corrected chi connectivity index (χ2v) is 1.14. The molecule has 0 heterocycles. The molecular formula is C4H9NaO3. The fourth-order valence-electron chi connectivity index (χ4n) is 0.189. The van der Waals surface area contributed by atoms with Gasteiger partial charge in [-0.1, -0.05) is 0 Å². The number of aliphatic carboxylic acids is 1. The standard InChI is InChI=1S/C4H8O3.Na.H/c1-7-3-2-4(5)6;;/h2-3H2,1H3,(H,5,6);;. The quantitative estimate of drug-likeness (QED) is 0.519. The van der Waals surface area contributed by atoms with E-state index >= 15 is 0 Å². The summed E-state index contributed by atoms with van der Waals surface area (Å²) >= 11 is 0. The van der Waals surface area contributed by atoms with Crippen LogP contribution in [0.5, 0.6) is 0 Å². The molecule has 0 radical (unpaired) electrons. The second-order valence-electron chi connectivity index (χ2n) is 1.14. The molecule has 0 aliphatic heterocycles. The van der Waals surface area contributed by atoms with Crippen molar-refractivity contribution in [3.63, 3.8) is 0 Å². The summed E-state index contributed by atoms with van der Waals surface area (Å²) in [6, 6.07) is 0. The molecule has 0 aliphatic carbocycles. The number of carbonyl (C=O) groups is 1. The van der Waals surface area contributed by atoms with Crippen LogP contribution in [0.4, 0.5) is 0 Å². The molecule has 0 spiro atoms. The number of hydrogen-bond acceptors (Lipinski definition) is 2. The number of rotatable bonds is 3. The van der Waals surface area contributed by atoms with Gasteiger partial charge in [0.2, 0.25) is 0 Å². The molecule has 0 aromatic heterocycles. The van der Waals surface area contributed by atoms with Crippen LogP contribution in [-0.2, 0) is 9.53 Å². The van der Waals surface area contributed by atoms with Crippen LogP contribution < -0.4 is 0 Å². The van der Waals surface area contributed by atoms with Crippen LogP contribution in [0.3, 0.4) is 0 Å². The van der Waals surface area contributed by atoms with Gasteiger partial charge in [-0.2, -0.15) is 0 Å². The van der Waals surface area contributed by atoms with Gasteiger partial charge in [0.25, 0.3) is 0 Å². The molecule has 0 aromatic rings. The molecule has 0 atom stereocenters. The second kappa shape index (κ2) is 7.43. The Kier molecular flexibility index (Phi) is 10.5. The first-order valence-corrected chi connectivity index (χ1v) is 1.98. The van der Waals surface area contributed by atoms with E-state index in [2.05, 4.69) is 4.74 Å². The summed E-state index contributed by atoms with van der Waals surface area (Å²) in [4.78, 5) is 9.68. The maximum atomic E-state index is 9.68. The monoisotopic (exact) mass is 128 g/mol. The number of hydrogen-bond donors (Lipinski definition) is 1. The summed E-state index contributed by atoms with van der Waals surface area (Å²) in [5.41, 5.74) is 0. The Morgan fingerprint density at radius 1 is 1.75 bits per heavy atom. The zero-order valence-corrected chi connectivity index (χ0v) is 4.18. The Bertz CT molecular complexity index is 64.3. The van der Waals surface area contributed by atoms with E-state index in [9.17, 15) is 4.79 Å². The summed E-state index contributed by atoms with van der Waals surface area (Å²) in [5, 5.41) is 7.96. The third-order valence-corrected chi connectivity index (χ3v) is 0.520. The van der Waals surface area contributed by atoms with Crippen molar-refractivity contribution >= 4 is 35.5 Å². The minimum absolute atomic E-state index is 0. The average molecular weight is 128 g/mol. The van der Waals surface area contributed by atoms with Gasteiger partial charge in [-0.3, -0.25) is 4.79 Å². The molecular weight excluding hydrogens is 119 g/mol. The molecule has 1 N–H and O–H groups in total. The third kappa shape index (κ3) is 9.66. The van der Waals surface area contributed by atoms with E-state index < -0.39 is 5.97 Å². The van der Waals surface area contributed by atoms with Gasteiger partial charge in [0.15, 0.2) is 0 Å². The zero-order chi connectivity index (χ0) is 5.70. The Labute approximate surface area is 70.3 Å². The molecule has 0 rings (SSSR count). The van der Waals surface area contributed by atoms with Crippen LogP contribution in [0.1, 0.15) is 6.42 Å². The van der Waals surface area contributed by atoms with Crippen LogP contribution >= 0.6 is 0 Å². The van der Waals surface area contributed by atoms with E-state index in [1.807, 2.05) is 0 Å². The van der Waals surface area contributed by atoms with Crippen molar-refractivity contribution in [3.8, 4) is 0 Å². The van der Waals surface area contributed by atoms with Gasteiger partial charge in [-0.15, -0.1) is 0 Å². The Morgan fingerprint density at radius 3 is 2.38 bits per heavy atom. The zero-order valence-electron chi connectivity index (χ0n) is 4.18. The topological polar surface area (TPSA) is 46.5 Å². The molecule has 0 unspecified atom stereocenters. The van der Waals surface area contributed by atoms with E-state index in [4.69, 9.17) is 5.11 Å². The first-order valence-electron chi connectivity index (χ1n) is 1.98. The van der Waals surface area contributed by atoms with E-state index in [1.54, 1.807) is 0 Å². The molecule has 0 bridgehead atoms. The Balaban J connectivity index is 0. The van der Waals surface area contributed by atoms with Crippen molar-refractivity contribution in [2.45, 2.75) is 6.42 Å². The van der Waals surface area contributed by atoms with Gasteiger partial charge in [0.05, 0.1) is 13.0 Å². The molecule has 0 saturated heterocycles. The summed E-state index contributed by atoms with van der Waals surface area (Å²) < 4.78 is 4.47. The van der Waals surface area contributed by atoms with Gasteiger partial charge < -0.3 is 9.84 Å². The van der Waals surface area contributed by atoms with Crippen molar-refractivity contribution in [1.82, 2.24) is 0 Å². The third-order valence-electron chi connectivity index (χ3n) is 0.520.